The van der Waals surface area contributed by atoms with Gasteiger partial charge in [-0.2, -0.15) is 0 Å². The molecule has 0 bridgehead atoms. The van der Waals surface area contributed by atoms with Crippen molar-refractivity contribution in [3.63, 3.8) is 0 Å². The normalized spacial score (nSPS) is 9.31. The highest BCUT2D eigenvalue weighted by atomic mass is 32.2. The Morgan fingerprint density at radius 3 is 1.92 bits per heavy atom. The molecule has 0 saturated heterocycles. The zero-order chi connectivity index (χ0) is 10.3. The third kappa shape index (κ3) is 5.58. The van der Waals surface area contributed by atoms with E-state index < -0.39 is 0 Å². The molecule has 0 aromatic heterocycles. The maximum atomic E-state index is 5.55. The molecule has 0 fully saturated rings. The summed E-state index contributed by atoms with van der Waals surface area (Å²) in [5.74, 6) is 0. The minimum Gasteiger partial charge on any atom is -0.399 e. The molecule has 2 heteroatoms. The van der Waals surface area contributed by atoms with Crippen molar-refractivity contribution in [1.29, 1.82) is 0 Å². The standard InChI is InChI=1S/C9H13NS.C2H6/c1-7(2)11-9-5-3-8(10)4-6-9;1-2/h3-7H,10H2,1-2H3;1-2H3. The molecule has 0 aliphatic rings. The molecule has 2 N–H and O–H groups in total. The van der Waals surface area contributed by atoms with Crippen molar-refractivity contribution in [3.05, 3.63) is 24.3 Å². The van der Waals surface area contributed by atoms with E-state index in [1.54, 1.807) is 0 Å². The first-order valence-electron chi connectivity index (χ1n) is 4.70. The second-order valence-electron chi connectivity index (χ2n) is 2.74. The molecule has 0 heterocycles. The summed E-state index contributed by atoms with van der Waals surface area (Å²) in [4.78, 5) is 1.29. The van der Waals surface area contributed by atoms with E-state index in [2.05, 4.69) is 26.0 Å². The van der Waals surface area contributed by atoms with Crippen molar-refractivity contribution in [1.82, 2.24) is 0 Å². The van der Waals surface area contributed by atoms with E-state index in [1.165, 1.54) is 4.90 Å². The number of anilines is 1. The third-order valence-electron chi connectivity index (χ3n) is 1.25. The van der Waals surface area contributed by atoms with E-state index in [-0.39, 0.29) is 0 Å². The van der Waals surface area contributed by atoms with Gasteiger partial charge >= 0.3 is 0 Å². The predicted molar refractivity (Wildman–Crippen MR) is 63.2 cm³/mol. The summed E-state index contributed by atoms with van der Waals surface area (Å²) in [6.45, 7) is 8.36. The van der Waals surface area contributed by atoms with Crippen LogP contribution in [0.25, 0.3) is 0 Å². The maximum absolute atomic E-state index is 5.55. The van der Waals surface area contributed by atoms with Crippen LogP contribution in [-0.2, 0) is 0 Å². The summed E-state index contributed by atoms with van der Waals surface area (Å²) >= 11 is 1.85. The monoisotopic (exact) mass is 197 g/mol. The molecule has 0 amide bonds. The zero-order valence-corrected chi connectivity index (χ0v) is 9.69. The van der Waals surface area contributed by atoms with E-state index in [9.17, 15) is 0 Å². The Balaban J connectivity index is 0.000000671. The first-order chi connectivity index (χ1) is 6.18. The molecule has 0 spiro atoms. The van der Waals surface area contributed by atoms with Crippen LogP contribution in [0.1, 0.15) is 27.7 Å². The van der Waals surface area contributed by atoms with Crippen molar-refractivity contribution in [3.8, 4) is 0 Å². The number of thioether (sulfide) groups is 1. The van der Waals surface area contributed by atoms with Gasteiger partial charge in [0.2, 0.25) is 0 Å². The van der Waals surface area contributed by atoms with Crippen LogP contribution < -0.4 is 5.73 Å². The topological polar surface area (TPSA) is 26.0 Å². The van der Waals surface area contributed by atoms with Gasteiger partial charge in [-0.1, -0.05) is 27.7 Å². The molecule has 13 heavy (non-hydrogen) atoms. The summed E-state index contributed by atoms with van der Waals surface area (Å²) in [6.07, 6.45) is 0. The van der Waals surface area contributed by atoms with Crippen molar-refractivity contribution in [2.24, 2.45) is 0 Å². The Hall–Kier alpha value is -0.630. The van der Waals surface area contributed by atoms with Crippen LogP contribution >= 0.6 is 11.8 Å². The van der Waals surface area contributed by atoms with Gasteiger partial charge in [-0.15, -0.1) is 11.8 Å². The number of nitrogen functional groups attached to an aromatic ring is 1. The lowest BCUT2D eigenvalue weighted by Gasteiger charge is -2.03. The molecule has 0 radical (unpaired) electrons. The van der Waals surface area contributed by atoms with Crippen LogP contribution in [0.4, 0.5) is 5.69 Å². The summed E-state index contributed by atoms with van der Waals surface area (Å²) in [6, 6.07) is 7.98. The molecular weight excluding hydrogens is 178 g/mol. The van der Waals surface area contributed by atoms with E-state index in [0.717, 1.165) is 5.69 Å². The second-order valence-corrected chi connectivity index (χ2v) is 4.39. The van der Waals surface area contributed by atoms with Gasteiger partial charge in [-0.05, 0) is 24.3 Å². The van der Waals surface area contributed by atoms with Gasteiger partial charge in [0.15, 0.2) is 0 Å². The Kier molecular flexibility index (Phi) is 6.51. The van der Waals surface area contributed by atoms with Gasteiger partial charge in [-0.25, -0.2) is 0 Å². The zero-order valence-electron chi connectivity index (χ0n) is 8.87. The van der Waals surface area contributed by atoms with Gasteiger partial charge < -0.3 is 5.73 Å². The maximum Gasteiger partial charge on any atom is 0.0314 e. The minimum atomic E-state index is 0.638. The molecule has 1 nitrogen and oxygen atoms in total. The Labute approximate surface area is 85.7 Å². The van der Waals surface area contributed by atoms with Crippen molar-refractivity contribution >= 4 is 17.4 Å². The molecule has 0 aliphatic heterocycles. The van der Waals surface area contributed by atoms with E-state index in [0.29, 0.717) is 5.25 Å². The lowest BCUT2D eigenvalue weighted by Crippen LogP contribution is -1.87. The van der Waals surface area contributed by atoms with Crippen LogP contribution in [0, 0.1) is 0 Å². The number of hydrogen-bond acceptors (Lipinski definition) is 2. The van der Waals surface area contributed by atoms with Crippen LogP contribution in [0.2, 0.25) is 0 Å². The molecule has 0 atom stereocenters. The van der Waals surface area contributed by atoms with Gasteiger partial charge in [0.05, 0.1) is 0 Å². The molecule has 74 valence electrons. The fraction of sp³-hybridized carbons (Fsp3) is 0.455. The van der Waals surface area contributed by atoms with Crippen LogP contribution in [-0.4, -0.2) is 5.25 Å². The fourth-order valence-corrected chi connectivity index (χ4v) is 1.66. The second kappa shape index (κ2) is 6.84. The molecule has 1 rings (SSSR count). The largest absolute Gasteiger partial charge is 0.399 e. The van der Waals surface area contributed by atoms with E-state index >= 15 is 0 Å². The number of nitrogens with two attached hydrogens (primary N) is 1. The third-order valence-corrected chi connectivity index (χ3v) is 2.27. The summed E-state index contributed by atoms with van der Waals surface area (Å²) in [7, 11) is 0. The van der Waals surface area contributed by atoms with Crippen molar-refractivity contribution in [2.45, 2.75) is 37.8 Å². The smallest absolute Gasteiger partial charge is 0.0314 e. The summed E-state index contributed by atoms with van der Waals surface area (Å²) < 4.78 is 0. The first-order valence-corrected chi connectivity index (χ1v) is 5.58. The van der Waals surface area contributed by atoms with Crippen LogP contribution in [0.15, 0.2) is 29.2 Å². The molecular formula is C11H19NS. The summed E-state index contributed by atoms with van der Waals surface area (Å²) in [5.41, 5.74) is 6.38. The van der Waals surface area contributed by atoms with Gasteiger partial charge in [0.25, 0.3) is 0 Å². The predicted octanol–water partition coefficient (Wildman–Crippen LogP) is 3.80. The van der Waals surface area contributed by atoms with Gasteiger partial charge in [0, 0.05) is 15.8 Å². The first kappa shape index (κ1) is 12.4. The molecule has 0 unspecified atom stereocenters. The average molecular weight is 197 g/mol. The van der Waals surface area contributed by atoms with Crippen LogP contribution in [0.3, 0.4) is 0 Å². The highest BCUT2D eigenvalue weighted by Crippen LogP contribution is 2.23. The lowest BCUT2D eigenvalue weighted by molar-refractivity contribution is 1.11. The highest BCUT2D eigenvalue weighted by Gasteiger charge is 1.96. The number of benzene rings is 1. The molecule has 0 saturated carbocycles. The highest BCUT2D eigenvalue weighted by molar-refractivity contribution is 7.99. The fourth-order valence-electron chi connectivity index (χ4n) is 0.819. The average Bonchev–Trinajstić information content (AvgIpc) is 2.12. The van der Waals surface area contributed by atoms with Crippen molar-refractivity contribution < 1.29 is 0 Å². The molecule has 1 aromatic rings. The van der Waals surface area contributed by atoms with Gasteiger partial charge in [-0.3, -0.25) is 0 Å². The van der Waals surface area contributed by atoms with Crippen LogP contribution in [0.5, 0.6) is 0 Å². The SMILES string of the molecule is CC.CC(C)Sc1ccc(N)cc1. The Morgan fingerprint density at radius 2 is 1.54 bits per heavy atom. The Morgan fingerprint density at radius 1 is 1.08 bits per heavy atom. The number of hydrogen-bond donors (Lipinski definition) is 1. The Bertz CT molecular complexity index is 216. The summed E-state index contributed by atoms with van der Waals surface area (Å²) in [5, 5.41) is 0.638. The van der Waals surface area contributed by atoms with E-state index in [1.807, 2.05) is 37.7 Å². The minimum absolute atomic E-state index is 0.638. The van der Waals surface area contributed by atoms with E-state index in [4.69, 9.17) is 5.73 Å². The van der Waals surface area contributed by atoms with Crippen molar-refractivity contribution in [2.75, 3.05) is 5.73 Å². The molecule has 1 aromatic carbocycles. The quantitative estimate of drug-likeness (QED) is 0.576. The van der Waals surface area contributed by atoms with Gasteiger partial charge in [0.1, 0.15) is 0 Å². The number of rotatable bonds is 2. The molecule has 0 aliphatic carbocycles. The lowest BCUT2D eigenvalue weighted by atomic mass is 10.3.